The number of rotatable bonds is 8. The van der Waals surface area contributed by atoms with Crippen molar-refractivity contribution in [1.29, 1.82) is 0 Å². The van der Waals surface area contributed by atoms with Crippen LogP contribution in [-0.2, 0) is 16.0 Å². The molecule has 0 bridgehead atoms. The molecule has 0 aliphatic carbocycles. The second kappa shape index (κ2) is 10.5. The predicted molar refractivity (Wildman–Crippen MR) is 140 cm³/mol. The third kappa shape index (κ3) is 5.55. The summed E-state index contributed by atoms with van der Waals surface area (Å²) in [5.74, 6) is -1.10. The fourth-order valence-electron chi connectivity index (χ4n) is 4.01. The molecule has 3 aromatic rings. The van der Waals surface area contributed by atoms with Gasteiger partial charge in [0, 0.05) is 17.8 Å². The van der Waals surface area contributed by atoms with Crippen LogP contribution in [0.15, 0.2) is 78.9 Å². The lowest BCUT2D eigenvalue weighted by Crippen LogP contribution is -2.39. The Labute approximate surface area is 209 Å². The van der Waals surface area contributed by atoms with Crippen LogP contribution in [0, 0.1) is 6.92 Å². The standard InChI is InChI=1S/C27H26N4O3S/c1-18-7-9-19(10-8-18)15-16-30-23(26(34)31(27(30)35)22-5-3-2-4-6-22)17-24(32)29-21-13-11-20(12-14-21)25(28)33/h2-14,23H,15-17H2,1H3,(H2,28,33)(H,29,32). The fraction of sp³-hybridized carbons (Fsp3) is 0.185. The summed E-state index contributed by atoms with van der Waals surface area (Å²) in [6.45, 7) is 2.54. The van der Waals surface area contributed by atoms with Crippen molar-refractivity contribution in [2.75, 3.05) is 16.8 Å². The zero-order chi connectivity index (χ0) is 24.9. The van der Waals surface area contributed by atoms with E-state index < -0.39 is 11.9 Å². The Hall–Kier alpha value is -4.04. The molecule has 0 spiro atoms. The molecule has 1 fully saturated rings. The van der Waals surface area contributed by atoms with Gasteiger partial charge in [0.1, 0.15) is 6.04 Å². The minimum Gasteiger partial charge on any atom is -0.366 e. The number of primary amides is 1. The Kier molecular flexibility index (Phi) is 7.22. The molecule has 35 heavy (non-hydrogen) atoms. The van der Waals surface area contributed by atoms with Crippen molar-refractivity contribution in [2.24, 2.45) is 5.73 Å². The SMILES string of the molecule is Cc1ccc(CCN2C(=S)N(c3ccccc3)C(=O)C2CC(=O)Nc2ccc(C(N)=O)cc2)cc1. The molecule has 3 amide bonds. The van der Waals surface area contributed by atoms with Crippen LogP contribution in [0.5, 0.6) is 0 Å². The molecule has 1 aliphatic heterocycles. The average molecular weight is 487 g/mol. The average Bonchev–Trinajstić information content (AvgIpc) is 3.08. The van der Waals surface area contributed by atoms with Gasteiger partial charge < -0.3 is 16.0 Å². The summed E-state index contributed by atoms with van der Waals surface area (Å²) >= 11 is 5.71. The van der Waals surface area contributed by atoms with Crippen LogP contribution in [-0.4, -0.2) is 40.3 Å². The van der Waals surface area contributed by atoms with Gasteiger partial charge in [0.2, 0.25) is 11.8 Å². The summed E-state index contributed by atoms with van der Waals surface area (Å²) in [4.78, 5) is 41.0. The van der Waals surface area contributed by atoms with Gasteiger partial charge in [-0.05, 0) is 67.5 Å². The molecule has 3 N–H and O–H groups in total. The lowest BCUT2D eigenvalue weighted by Gasteiger charge is -2.24. The maximum absolute atomic E-state index is 13.5. The van der Waals surface area contributed by atoms with Crippen LogP contribution in [0.2, 0.25) is 0 Å². The van der Waals surface area contributed by atoms with Crippen molar-refractivity contribution in [2.45, 2.75) is 25.8 Å². The van der Waals surface area contributed by atoms with E-state index in [1.807, 2.05) is 54.3 Å². The highest BCUT2D eigenvalue weighted by Crippen LogP contribution is 2.27. The summed E-state index contributed by atoms with van der Waals surface area (Å²) < 4.78 is 0. The van der Waals surface area contributed by atoms with Crippen LogP contribution in [0.3, 0.4) is 0 Å². The van der Waals surface area contributed by atoms with Gasteiger partial charge in [-0.3, -0.25) is 19.3 Å². The van der Waals surface area contributed by atoms with Crippen molar-refractivity contribution in [1.82, 2.24) is 4.90 Å². The number of carbonyl (C=O) groups is 3. The van der Waals surface area contributed by atoms with Crippen molar-refractivity contribution in [3.63, 3.8) is 0 Å². The maximum atomic E-state index is 13.5. The van der Waals surface area contributed by atoms with Crippen molar-refractivity contribution in [3.8, 4) is 0 Å². The van der Waals surface area contributed by atoms with E-state index in [1.54, 1.807) is 24.3 Å². The second-order valence-corrected chi connectivity index (χ2v) is 8.80. The molecular weight excluding hydrogens is 460 g/mol. The van der Waals surface area contributed by atoms with E-state index in [0.717, 1.165) is 5.56 Å². The number of hydrogen-bond acceptors (Lipinski definition) is 4. The van der Waals surface area contributed by atoms with E-state index in [2.05, 4.69) is 17.4 Å². The van der Waals surface area contributed by atoms with Crippen LogP contribution < -0.4 is 16.0 Å². The summed E-state index contributed by atoms with van der Waals surface area (Å²) in [5, 5.41) is 3.18. The minimum absolute atomic E-state index is 0.0617. The topological polar surface area (TPSA) is 95.7 Å². The summed E-state index contributed by atoms with van der Waals surface area (Å²) in [6, 6.07) is 23.0. The molecule has 3 aromatic carbocycles. The van der Waals surface area contributed by atoms with Crippen molar-refractivity contribution >= 4 is 46.4 Å². The van der Waals surface area contributed by atoms with Gasteiger partial charge in [0.15, 0.2) is 5.11 Å². The number of nitrogens with two attached hydrogens (primary N) is 1. The van der Waals surface area contributed by atoms with E-state index in [-0.39, 0.29) is 18.2 Å². The molecule has 0 radical (unpaired) electrons. The molecular formula is C27H26N4O3S. The first-order valence-corrected chi connectivity index (χ1v) is 11.7. The number of aryl methyl sites for hydroxylation is 1. The van der Waals surface area contributed by atoms with Gasteiger partial charge in [-0.2, -0.15) is 0 Å². The summed E-state index contributed by atoms with van der Waals surface area (Å²) in [7, 11) is 0. The third-order valence-electron chi connectivity index (χ3n) is 5.93. The minimum atomic E-state index is -0.724. The molecule has 4 rings (SSSR count). The van der Waals surface area contributed by atoms with E-state index in [9.17, 15) is 14.4 Å². The number of amides is 3. The Morgan fingerprint density at radius 2 is 1.63 bits per heavy atom. The number of anilines is 2. The van der Waals surface area contributed by atoms with Gasteiger partial charge in [0.05, 0.1) is 12.1 Å². The van der Waals surface area contributed by atoms with Crippen molar-refractivity contribution < 1.29 is 14.4 Å². The quantitative estimate of drug-likeness (QED) is 0.474. The second-order valence-electron chi connectivity index (χ2n) is 8.43. The Morgan fingerprint density at radius 3 is 2.26 bits per heavy atom. The molecule has 0 saturated carbocycles. The highest BCUT2D eigenvalue weighted by Gasteiger charge is 2.43. The molecule has 7 nitrogen and oxygen atoms in total. The molecule has 1 unspecified atom stereocenters. The van der Waals surface area contributed by atoms with Crippen LogP contribution in [0.1, 0.15) is 27.9 Å². The van der Waals surface area contributed by atoms with Gasteiger partial charge in [-0.1, -0.05) is 48.0 Å². The Morgan fingerprint density at radius 1 is 0.971 bits per heavy atom. The van der Waals surface area contributed by atoms with E-state index >= 15 is 0 Å². The van der Waals surface area contributed by atoms with E-state index in [4.69, 9.17) is 18.0 Å². The molecule has 0 aromatic heterocycles. The number of thiocarbonyl (C=S) groups is 1. The highest BCUT2D eigenvalue weighted by atomic mass is 32.1. The molecule has 1 aliphatic rings. The number of hydrogen-bond donors (Lipinski definition) is 2. The largest absolute Gasteiger partial charge is 0.366 e. The molecule has 1 heterocycles. The lowest BCUT2D eigenvalue weighted by atomic mass is 10.1. The predicted octanol–water partition coefficient (Wildman–Crippen LogP) is 3.67. The van der Waals surface area contributed by atoms with Gasteiger partial charge >= 0.3 is 0 Å². The number of nitrogens with one attached hydrogen (secondary N) is 1. The number of benzene rings is 3. The molecule has 178 valence electrons. The first kappa shape index (κ1) is 24.1. The molecule has 8 heteroatoms. The fourth-order valence-corrected chi connectivity index (χ4v) is 4.43. The zero-order valence-electron chi connectivity index (χ0n) is 19.3. The first-order chi connectivity index (χ1) is 16.8. The maximum Gasteiger partial charge on any atom is 0.256 e. The highest BCUT2D eigenvalue weighted by molar-refractivity contribution is 7.80. The van der Waals surface area contributed by atoms with E-state index in [0.29, 0.717) is 35.0 Å². The monoisotopic (exact) mass is 486 g/mol. The van der Waals surface area contributed by atoms with Crippen LogP contribution in [0.4, 0.5) is 11.4 Å². The van der Waals surface area contributed by atoms with Gasteiger partial charge in [0.25, 0.3) is 5.91 Å². The first-order valence-electron chi connectivity index (χ1n) is 11.3. The Balaban J connectivity index is 1.52. The van der Waals surface area contributed by atoms with E-state index in [1.165, 1.54) is 10.5 Å². The van der Waals surface area contributed by atoms with Gasteiger partial charge in [-0.25, -0.2) is 0 Å². The number of para-hydroxylation sites is 1. The van der Waals surface area contributed by atoms with Crippen molar-refractivity contribution in [3.05, 3.63) is 95.6 Å². The normalized spacial score (nSPS) is 15.4. The molecule has 1 saturated heterocycles. The van der Waals surface area contributed by atoms with Crippen LogP contribution in [0.25, 0.3) is 0 Å². The molecule has 1 atom stereocenters. The summed E-state index contributed by atoms with van der Waals surface area (Å²) in [6.07, 6.45) is 0.622. The van der Waals surface area contributed by atoms with Gasteiger partial charge in [-0.15, -0.1) is 0 Å². The summed E-state index contributed by atoms with van der Waals surface area (Å²) in [5.41, 5.74) is 9.11. The Bertz CT molecular complexity index is 1240. The number of nitrogens with zero attached hydrogens (tertiary/aromatic N) is 2. The smallest absolute Gasteiger partial charge is 0.256 e. The lowest BCUT2D eigenvalue weighted by molar-refractivity contribution is -0.124. The number of carbonyl (C=O) groups excluding carboxylic acids is 3. The zero-order valence-corrected chi connectivity index (χ0v) is 20.1. The van der Waals surface area contributed by atoms with Crippen LogP contribution >= 0.6 is 12.2 Å². The third-order valence-corrected chi connectivity index (χ3v) is 6.34.